The van der Waals surface area contributed by atoms with E-state index in [0.29, 0.717) is 0 Å². The van der Waals surface area contributed by atoms with E-state index in [9.17, 15) is 21.6 Å². The summed E-state index contributed by atoms with van der Waals surface area (Å²) in [5, 5.41) is 4.10. The fraction of sp³-hybridized carbons (Fsp3) is 0.357. The van der Waals surface area contributed by atoms with E-state index in [-0.39, 0.29) is 13.1 Å². The van der Waals surface area contributed by atoms with Crippen LogP contribution in [0.5, 0.6) is 0 Å². The van der Waals surface area contributed by atoms with Crippen LogP contribution in [-0.4, -0.2) is 36.7 Å². The van der Waals surface area contributed by atoms with Gasteiger partial charge in [-0.05, 0) is 5.56 Å². The number of benzene rings is 1. The molecule has 0 fully saturated rings. The molecule has 0 atom stereocenters. The van der Waals surface area contributed by atoms with E-state index in [2.05, 4.69) is 9.82 Å². The summed E-state index contributed by atoms with van der Waals surface area (Å²) in [6, 6.07) is 9.51. The lowest BCUT2D eigenvalue weighted by atomic mass is 10.1. The zero-order valence-electron chi connectivity index (χ0n) is 12.1. The molecule has 1 aromatic heterocycles. The van der Waals surface area contributed by atoms with Crippen LogP contribution < -0.4 is 4.72 Å². The summed E-state index contributed by atoms with van der Waals surface area (Å²) in [5.41, 5.74) is 1.86. The van der Waals surface area contributed by atoms with Gasteiger partial charge in [0.2, 0.25) is 10.0 Å². The second-order valence-corrected chi connectivity index (χ2v) is 6.86. The maximum absolute atomic E-state index is 12.0. The minimum Gasteiger partial charge on any atom is -0.271 e. The highest BCUT2D eigenvalue weighted by molar-refractivity contribution is 7.89. The molecule has 0 amide bonds. The number of alkyl halides is 3. The molecule has 1 aromatic carbocycles. The van der Waals surface area contributed by atoms with Gasteiger partial charge in [-0.25, -0.2) is 13.1 Å². The van der Waals surface area contributed by atoms with E-state index >= 15 is 0 Å². The smallest absolute Gasteiger partial charge is 0.271 e. The highest BCUT2D eigenvalue weighted by atomic mass is 32.2. The van der Waals surface area contributed by atoms with Crippen LogP contribution in [0.1, 0.15) is 6.42 Å². The summed E-state index contributed by atoms with van der Waals surface area (Å²) in [5.74, 6) is -0.967. The minimum atomic E-state index is -4.48. The third-order valence-electron chi connectivity index (χ3n) is 3.06. The summed E-state index contributed by atoms with van der Waals surface area (Å²) < 4.78 is 62.7. The molecule has 0 aliphatic heterocycles. The highest BCUT2D eigenvalue weighted by Crippen LogP contribution is 2.20. The summed E-state index contributed by atoms with van der Waals surface area (Å²) in [7, 11) is -3.94. The molecule has 1 heterocycles. The van der Waals surface area contributed by atoms with Gasteiger partial charge in [0.15, 0.2) is 0 Å². The molecule has 9 heteroatoms. The largest absolute Gasteiger partial charge is 0.390 e. The van der Waals surface area contributed by atoms with Crippen molar-refractivity contribution in [2.24, 2.45) is 0 Å². The number of hydrogen-bond donors (Lipinski definition) is 1. The van der Waals surface area contributed by atoms with Crippen LogP contribution in [0, 0.1) is 0 Å². The molecule has 0 radical (unpaired) electrons. The Bertz CT molecular complexity index is 727. The summed E-state index contributed by atoms with van der Waals surface area (Å²) in [6.45, 7) is 0.216. The number of nitrogens with zero attached hydrogens (tertiary/aromatic N) is 2. The average molecular weight is 347 g/mol. The number of halogens is 3. The van der Waals surface area contributed by atoms with Crippen LogP contribution in [0.2, 0.25) is 0 Å². The van der Waals surface area contributed by atoms with Crippen LogP contribution >= 0.6 is 0 Å². The fourth-order valence-corrected chi connectivity index (χ4v) is 2.95. The predicted molar refractivity (Wildman–Crippen MR) is 80.1 cm³/mol. The lowest BCUT2D eigenvalue weighted by Gasteiger charge is -2.08. The van der Waals surface area contributed by atoms with E-state index in [1.165, 1.54) is 4.68 Å². The van der Waals surface area contributed by atoms with Gasteiger partial charge in [0.25, 0.3) is 0 Å². The van der Waals surface area contributed by atoms with Gasteiger partial charge in [-0.2, -0.15) is 18.3 Å². The number of sulfonamides is 1. The molecule has 0 aliphatic rings. The molecule has 0 saturated heterocycles. The molecule has 2 aromatic rings. The average Bonchev–Trinajstić information content (AvgIpc) is 2.94. The zero-order chi connectivity index (χ0) is 16.9. The van der Waals surface area contributed by atoms with E-state index in [1.54, 1.807) is 12.4 Å². The number of aromatic nitrogens is 2. The molecule has 0 bridgehead atoms. The van der Waals surface area contributed by atoms with Crippen molar-refractivity contribution in [3.63, 3.8) is 0 Å². The lowest BCUT2D eigenvalue weighted by molar-refractivity contribution is -0.129. The fourth-order valence-electron chi connectivity index (χ4n) is 1.90. The normalized spacial score (nSPS) is 12.5. The molecule has 0 saturated carbocycles. The Morgan fingerprint density at radius 3 is 2.48 bits per heavy atom. The van der Waals surface area contributed by atoms with Gasteiger partial charge in [-0.3, -0.25) is 4.68 Å². The molecule has 1 N–H and O–H groups in total. The maximum atomic E-state index is 12.0. The highest BCUT2D eigenvalue weighted by Gasteiger charge is 2.29. The Morgan fingerprint density at radius 2 is 1.83 bits per heavy atom. The Balaban J connectivity index is 1.84. The van der Waals surface area contributed by atoms with Gasteiger partial charge in [0, 0.05) is 18.3 Å². The van der Waals surface area contributed by atoms with Gasteiger partial charge in [0.1, 0.15) is 0 Å². The molecule has 126 valence electrons. The van der Waals surface area contributed by atoms with Crippen molar-refractivity contribution in [3.05, 3.63) is 42.7 Å². The van der Waals surface area contributed by atoms with Crippen molar-refractivity contribution in [1.29, 1.82) is 0 Å². The first-order valence-electron chi connectivity index (χ1n) is 6.87. The number of rotatable bonds is 7. The van der Waals surface area contributed by atoms with Crippen LogP contribution in [0.25, 0.3) is 11.1 Å². The first kappa shape index (κ1) is 17.5. The second-order valence-electron chi connectivity index (χ2n) is 4.94. The van der Waals surface area contributed by atoms with Crippen molar-refractivity contribution in [2.45, 2.75) is 19.1 Å². The monoisotopic (exact) mass is 347 g/mol. The Morgan fingerprint density at radius 1 is 1.13 bits per heavy atom. The van der Waals surface area contributed by atoms with Crippen LogP contribution in [0.4, 0.5) is 13.2 Å². The van der Waals surface area contributed by atoms with Gasteiger partial charge in [-0.15, -0.1) is 0 Å². The Kier molecular flexibility index (Phi) is 5.42. The summed E-state index contributed by atoms with van der Waals surface area (Å²) in [4.78, 5) is 0. The topological polar surface area (TPSA) is 64.0 Å². The summed E-state index contributed by atoms with van der Waals surface area (Å²) >= 11 is 0. The van der Waals surface area contributed by atoms with E-state index in [1.807, 2.05) is 30.3 Å². The number of hydrogen-bond acceptors (Lipinski definition) is 3. The van der Waals surface area contributed by atoms with Gasteiger partial charge >= 0.3 is 6.18 Å². The van der Waals surface area contributed by atoms with Crippen LogP contribution in [0.15, 0.2) is 42.7 Å². The predicted octanol–water partition coefficient (Wildman–Crippen LogP) is 2.42. The summed E-state index contributed by atoms with van der Waals surface area (Å²) in [6.07, 6.45) is -2.45. The van der Waals surface area contributed by atoms with E-state index in [4.69, 9.17) is 0 Å². The van der Waals surface area contributed by atoms with Gasteiger partial charge in [-0.1, -0.05) is 30.3 Å². The molecule has 0 unspecified atom stereocenters. The van der Waals surface area contributed by atoms with Crippen LogP contribution in [0.3, 0.4) is 0 Å². The molecule has 5 nitrogen and oxygen atoms in total. The third kappa shape index (κ3) is 6.03. The molecule has 23 heavy (non-hydrogen) atoms. The molecular weight excluding hydrogens is 331 g/mol. The lowest BCUT2D eigenvalue weighted by Crippen LogP contribution is -2.31. The number of nitrogens with one attached hydrogen (secondary N) is 1. The van der Waals surface area contributed by atoms with Gasteiger partial charge in [0.05, 0.1) is 24.9 Å². The maximum Gasteiger partial charge on any atom is 0.390 e. The third-order valence-corrected chi connectivity index (χ3v) is 4.44. The zero-order valence-corrected chi connectivity index (χ0v) is 12.9. The van der Waals surface area contributed by atoms with Crippen molar-refractivity contribution in [3.8, 4) is 11.1 Å². The van der Waals surface area contributed by atoms with Crippen molar-refractivity contribution >= 4 is 10.0 Å². The van der Waals surface area contributed by atoms with Gasteiger partial charge < -0.3 is 0 Å². The first-order valence-corrected chi connectivity index (χ1v) is 8.52. The van der Waals surface area contributed by atoms with Crippen molar-refractivity contribution in [2.75, 3.05) is 12.3 Å². The first-order chi connectivity index (χ1) is 10.8. The minimum absolute atomic E-state index is 0.0178. The Labute approximate surface area is 132 Å². The van der Waals surface area contributed by atoms with Crippen molar-refractivity contribution < 1.29 is 21.6 Å². The standard InChI is InChI=1S/C14H16F3N3O2S/c15-14(16,17)6-9-23(21,22)19-7-8-20-11-13(10-18-20)12-4-2-1-3-5-12/h1-5,10-11,19H,6-9H2. The van der Waals surface area contributed by atoms with E-state index < -0.39 is 28.4 Å². The SMILES string of the molecule is O=S(=O)(CCC(F)(F)F)NCCn1cc(-c2ccccc2)cn1. The molecule has 0 aliphatic carbocycles. The molecule has 2 rings (SSSR count). The van der Waals surface area contributed by atoms with Crippen LogP contribution in [-0.2, 0) is 16.6 Å². The molecule has 0 spiro atoms. The second kappa shape index (κ2) is 7.14. The van der Waals surface area contributed by atoms with E-state index in [0.717, 1.165) is 11.1 Å². The molecular formula is C14H16F3N3O2S. The van der Waals surface area contributed by atoms with Crippen molar-refractivity contribution in [1.82, 2.24) is 14.5 Å². The Hall–Kier alpha value is -1.87. The quantitative estimate of drug-likeness (QED) is 0.837.